The van der Waals surface area contributed by atoms with E-state index in [0.29, 0.717) is 5.56 Å². The topological polar surface area (TPSA) is 73.3 Å². The van der Waals surface area contributed by atoms with E-state index in [1.165, 1.54) is 12.1 Å². The van der Waals surface area contributed by atoms with Crippen LogP contribution >= 0.6 is 0 Å². The molecular formula is C20H14N4O2. The van der Waals surface area contributed by atoms with E-state index in [0.717, 1.165) is 22.4 Å². The third-order valence-electron chi connectivity index (χ3n) is 4.01. The van der Waals surface area contributed by atoms with Crippen molar-refractivity contribution in [2.24, 2.45) is 4.99 Å². The van der Waals surface area contributed by atoms with E-state index in [4.69, 9.17) is 0 Å². The Hall–Kier alpha value is -3.80. The van der Waals surface area contributed by atoms with Gasteiger partial charge in [-0.3, -0.25) is 19.7 Å². The minimum absolute atomic E-state index is 0.0472. The zero-order chi connectivity index (χ0) is 17.9. The number of nitro benzene ring substituents is 1. The molecule has 1 aromatic heterocycles. The van der Waals surface area contributed by atoms with Crippen LogP contribution in [0.25, 0.3) is 16.7 Å². The number of nitro groups is 1. The standard InChI is InChI=1S/C20H14N4O2/c25-24(26)18-8-4-5-15(11-18)13-21-16-9-10-20-19(12-16)22-14-23(20)17-6-2-1-3-7-17/h1-14H. The number of imidazole rings is 1. The van der Waals surface area contributed by atoms with Crippen molar-refractivity contribution in [2.75, 3.05) is 0 Å². The van der Waals surface area contributed by atoms with Crippen LogP contribution in [0.15, 0.2) is 84.1 Å². The maximum atomic E-state index is 10.8. The summed E-state index contributed by atoms with van der Waals surface area (Å²) in [6.07, 6.45) is 3.40. The van der Waals surface area contributed by atoms with E-state index in [-0.39, 0.29) is 5.69 Å². The first-order chi connectivity index (χ1) is 12.7. The molecule has 0 unspecified atom stereocenters. The molecule has 0 saturated carbocycles. The molecular weight excluding hydrogens is 328 g/mol. The number of hydrogen-bond acceptors (Lipinski definition) is 4. The quantitative estimate of drug-likeness (QED) is 0.307. The van der Waals surface area contributed by atoms with Crippen molar-refractivity contribution >= 4 is 28.6 Å². The first-order valence-corrected chi connectivity index (χ1v) is 8.02. The van der Waals surface area contributed by atoms with Crippen molar-refractivity contribution in [1.82, 2.24) is 9.55 Å². The summed E-state index contributed by atoms with van der Waals surface area (Å²) in [7, 11) is 0. The second kappa shape index (κ2) is 6.60. The molecule has 0 saturated heterocycles. The monoisotopic (exact) mass is 342 g/mol. The van der Waals surface area contributed by atoms with Gasteiger partial charge in [-0.25, -0.2) is 4.98 Å². The zero-order valence-corrected chi connectivity index (χ0v) is 13.7. The summed E-state index contributed by atoms with van der Waals surface area (Å²) >= 11 is 0. The van der Waals surface area contributed by atoms with Gasteiger partial charge in [-0.15, -0.1) is 0 Å². The summed E-state index contributed by atoms with van der Waals surface area (Å²) in [5, 5.41) is 10.8. The SMILES string of the molecule is O=[N+]([O-])c1cccc(C=Nc2ccc3c(c2)ncn3-c2ccccc2)c1. The van der Waals surface area contributed by atoms with Crippen molar-refractivity contribution in [3.8, 4) is 5.69 Å². The Morgan fingerprint density at radius 3 is 2.65 bits per heavy atom. The highest BCUT2D eigenvalue weighted by Crippen LogP contribution is 2.23. The number of fused-ring (bicyclic) bond motifs is 1. The average molecular weight is 342 g/mol. The summed E-state index contributed by atoms with van der Waals surface area (Å²) in [5.41, 5.74) is 4.33. The molecule has 6 nitrogen and oxygen atoms in total. The second-order valence-electron chi connectivity index (χ2n) is 5.73. The molecule has 0 atom stereocenters. The highest BCUT2D eigenvalue weighted by atomic mass is 16.6. The second-order valence-corrected chi connectivity index (χ2v) is 5.73. The summed E-state index contributed by atoms with van der Waals surface area (Å²) in [6.45, 7) is 0. The number of rotatable bonds is 4. The van der Waals surface area contributed by atoms with Gasteiger partial charge < -0.3 is 0 Å². The van der Waals surface area contributed by atoms with E-state index in [9.17, 15) is 10.1 Å². The van der Waals surface area contributed by atoms with Gasteiger partial charge in [0.2, 0.25) is 0 Å². The van der Waals surface area contributed by atoms with Crippen molar-refractivity contribution < 1.29 is 4.92 Å². The fourth-order valence-electron chi connectivity index (χ4n) is 2.74. The number of aromatic nitrogens is 2. The minimum atomic E-state index is -0.417. The predicted molar refractivity (Wildman–Crippen MR) is 101 cm³/mol. The molecule has 0 radical (unpaired) electrons. The third kappa shape index (κ3) is 3.08. The van der Waals surface area contributed by atoms with Crippen LogP contribution < -0.4 is 0 Å². The van der Waals surface area contributed by atoms with Crippen molar-refractivity contribution in [3.63, 3.8) is 0 Å². The average Bonchev–Trinajstić information content (AvgIpc) is 3.10. The molecule has 6 heteroatoms. The normalized spacial score (nSPS) is 11.2. The first-order valence-electron chi connectivity index (χ1n) is 8.02. The molecule has 4 aromatic rings. The molecule has 0 aliphatic heterocycles. The van der Waals surface area contributed by atoms with Gasteiger partial charge in [0.05, 0.1) is 21.6 Å². The van der Waals surface area contributed by atoms with Gasteiger partial charge in [0.1, 0.15) is 6.33 Å². The Kier molecular flexibility index (Phi) is 3.99. The van der Waals surface area contributed by atoms with E-state index in [1.54, 1.807) is 24.7 Å². The molecule has 126 valence electrons. The highest BCUT2D eigenvalue weighted by molar-refractivity contribution is 5.85. The Morgan fingerprint density at radius 2 is 1.85 bits per heavy atom. The minimum Gasteiger partial charge on any atom is -0.299 e. The lowest BCUT2D eigenvalue weighted by atomic mass is 10.2. The van der Waals surface area contributed by atoms with Gasteiger partial charge in [-0.1, -0.05) is 30.3 Å². The zero-order valence-electron chi connectivity index (χ0n) is 13.7. The number of hydrogen-bond donors (Lipinski definition) is 0. The Bertz CT molecular complexity index is 1120. The summed E-state index contributed by atoms with van der Waals surface area (Å²) in [6, 6.07) is 22.1. The smallest absolute Gasteiger partial charge is 0.270 e. The van der Waals surface area contributed by atoms with Gasteiger partial charge >= 0.3 is 0 Å². The van der Waals surface area contributed by atoms with Crippen LogP contribution in [0.1, 0.15) is 5.56 Å². The molecule has 0 N–H and O–H groups in total. The Labute approximate surface area is 149 Å². The predicted octanol–water partition coefficient (Wildman–Crippen LogP) is 4.68. The highest BCUT2D eigenvalue weighted by Gasteiger charge is 2.06. The van der Waals surface area contributed by atoms with Crippen LogP contribution in [0, 0.1) is 10.1 Å². The third-order valence-corrected chi connectivity index (χ3v) is 4.01. The largest absolute Gasteiger partial charge is 0.299 e. The Morgan fingerprint density at radius 1 is 1.00 bits per heavy atom. The van der Waals surface area contributed by atoms with Gasteiger partial charge in [0.15, 0.2) is 0 Å². The van der Waals surface area contributed by atoms with Crippen molar-refractivity contribution in [3.05, 3.63) is 94.8 Å². The molecule has 0 spiro atoms. The molecule has 0 fully saturated rings. The number of aliphatic imine (C=N–C) groups is 1. The van der Waals surface area contributed by atoms with E-state index in [2.05, 4.69) is 9.98 Å². The molecule has 0 aliphatic rings. The number of benzene rings is 3. The lowest BCUT2D eigenvalue weighted by Gasteiger charge is -2.03. The molecule has 4 rings (SSSR count). The van der Waals surface area contributed by atoms with Crippen LogP contribution in [-0.4, -0.2) is 20.7 Å². The maximum absolute atomic E-state index is 10.8. The fraction of sp³-hybridized carbons (Fsp3) is 0. The molecule has 3 aromatic carbocycles. The summed E-state index contributed by atoms with van der Waals surface area (Å²) in [5.74, 6) is 0. The summed E-state index contributed by atoms with van der Waals surface area (Å²) < 4.78 is 2.02. The molecule has 0 amide bonds. The van der Waals surface area contributed by atoms with E-state index < -0.39 is 4.92 Å². The van der Waals surface area contributed by atoms with Crippen LogP contribution in [-0.2, 0) is 0 Å². The van der Waals surface area contributed by atoms with Gasteiger partial charge in [-0.2, -0.15) is 0 Å². The van der Waals surface area contributed by atoms with Gasteiger partial charge in [0.25, 0.3) is 5.69 Å². The van der Waals surface area contributed by atoms with Gasteiger partial charge in [0, 0.05) is 24.0 Å². The van der Waals surface area contributed by atoms with E-state index in [1.807, 2.05) is 53.1 Å². The Balaban J connectivity index is 1.64. The van der Waals surface area contributed by atoms with Crippen LogP contribution in [0.4, 0.5) is 11.4 Å². The number of para-hydroxylation sites is 1. The number of non-ortho nitro benzene ring substituents is 1. The number of nitrogens with zero attached hydrogens (tertiary/aromatic N) is 4. The lowest BCUT2D eigenvalue weighted by Crippen LogP contribution is -1.90. The van der Waals surface area contributed by atoms with Crippen LogP contribution in [0.5, 0.6) is 0 Å². The first kappa shape index (κ1) is 15.7. The molecule has 0 bridgehead atoms. The lowest BCUT2D eigenvalue weighted by molar-refractivity contribution is -0.384. The maximum Gasteiger partial charge on any atom is 0.270 e. The van der Waals surface area contributed by atoms with Crippen LogP contribution in [0.2, 0.25) is 0 Å². The van der Waals surface area contributed by atoms with Gasteiger partial charge in [-0.05, 0) is 35.9 Å². The summed E-state index contributed by atoms with van der Waals surface area (Å²) in [4.78, 5) is 19.3. The molecule has 0 aliphatic carbocycles. The fourth-order valence-corrected chi connectivity index (χ4v) is 2.74. The van der Waals surface area contributed by atoms with Crippen LogP contribution in [0.3, 0.4) is 0 Å². The van der Waals surface area contributed by atoms with Crippen molar-refractivity contribution in [2.45, 2.75) is 0 Å². The van der Waals surface area contributed by atoms with E-state index >= 15 is 0 Å². The molecule has 1 heterocycles. The molecule has 26 heavy (non-hydrogen) atoms. The van der Waals surface area contributed by atoms with Crippen molar-refractivity contribution in [1.29, 1.82) is 0 Å².